The molecular weight excluding hydrogens is 188 g/mol. The molecule has 1 saturated carbocycles. The van der Waals surface area contributed by atoms with E-state index in [9.17, 15) is 0 Å². The summed E-state index contributed by atoms with van der Waals surface area (Å²) in [7, 11) is 0. The Balaban J connectivity index is 1.97. The third-order valence-corrected chi connectivity index (χ3v) is 2.93. The maximum absolute atomic E-state index is 5.69. The minimum atomic E-state index is 0.549. The normalized spacial score (nSPS) is 23.9. The predicted molar refractivity (Wildman–Crippen MR) is 61.6 cm³/mol. The van der Waals surface area contributed by atoms with Crippen LogP contribution in [0.15, 0.2) is 6.07 Å². The van der Waals surface area contributed by atoms with Gasteiger partial charge in [-0.15, -0.1) is 0 Å². The van der Waals surface area contributed by atoms with Crippen LogP contribution < -0.4 is 11.1 Å². The molecule has 1 aliphatic carbocycles. The lowest BCUT2D eigenvalue weighted by Gasteiger charge is -2.06. The molecule has 0 aliphatic heterocycles. The topological polar surface area (TPSA) is 63.8 Å². The molecule has 1 aromatic heterocycles. The molecule has 1 fully saturated rings. The van der Waals surface area contributed by atoms with Crippen molar-refractivity contribution in [3.63, 3.8) is 0 Å². The first-order chi connectivity index (χ1) is 7.19. The molecule has 0 amide bonds. The molecule has 82 valence electrons. The van der Waals surface area contributed by atoms with Crippen LogP contribution in [0.25, 0.3) is 0 Å². The van der Waals surface area contributed by atoms with Crippen LogP contribution >= 0.6 is 0 Å². The van der Waals surface area contributed by atoms with Crippen LogP contribution in [0.2, 0.25) is 0 Å². The molecule has 2 atom stereocenters. The SMILES string of the molecule is CCc1nc(N)cc(NCC2CC2C)n1. The largest absolute Gasteiger partial charge is 0.384 e. The van der Waals surface area contributed by atoms with Gasteiger partial charge in [-0.2, -0.15) is 0 Å². The van der Waals surface area contributed by atoms with Crippen LogP contribution in [0.4, 0.5) is 11.6 Å². The summed E-state index contributed by atoms with van der Waals surface area (Å²) in [6, 6.07) is 1.80. The Morgan fingerprint density at radius 3 is 2.87 bits per heavy atom. The van der Waals surface area contributed by atoms with Gasteiger partial charge < -0.3 is 11.1 Å². The molecule has 2 unspecified atom stereocenters. The number of nitrogen functional groups attached to an aromatic ring is 1. The second-order valence-corrected chi connectivity index (χ2v) is 4.30. The van der Waals surface area contributed by atoms with Gasteiger partial charge in [0, 0.05) is 19.0 Å². The third kappa shape index (κ3) is 2.58. The van der Waals surface area contributed by atoms with E-state index < -0.39 is 0 Å². The first kappa shape index (κ1) is 10.2. The Labute approximate surface area is 90.3 Å². The molecule has 4 nitrogen and oxygen atoms in total. The molecule has 0 bridgehead atoms. The van der Waals surface area contributed by atoms with Crippen molar-refractivity contribution >= 4 is 11.6 Å². The second kappa shape index (κ2) is 4.04. The summed E-state index contributed by atoms with van der Waals surface area (Å²) in [5.74, 6) is 3.89. The zero-order chi connectivity index (χ0) is 10.8. The van der Waals surface area contributed by atoms with Crippen molar-refractivity contribution in [2.75, 3.05) is 17.6 Å². The minimum Gasteiger partial charge on any atom is -0.384 e. The molecule has 3 N–H and O–H groups in total. The molecule has 4 heteroatoms. The maximum atomic E-state index is 5.69. The number of rotatable bonds is 4. The van der Waals surface area contributed by atoms with E-state index in [4.69, 9.17) is 5.73 Å². The molecule has 1 aromatic rings. The van der Waals surface area contributed by atoms with E-state index in [1.165, 1.54) is 6.42 Å². The summed E-state index contributed by atoms with van der Waals surface area (Å²) in [4.78, 5) is 8.51. The van der Waals surface area contributed by atoms with Crippen LogP contribution in [0.5, 0.6) is 0 Å². The van der Waals surface area contributed by atoms with E-state index in [1.54, 1.807) is 6.07 Å². The number of hydrogen-bond acceptors (Lipinski definition) is 4. The van der Waals surface area contributed by atoms with Crippen molar-refractivity contribution in [2.45, 2.75) is 26.7 Å². The summed E-state index contributed by atoms with van der Waals surface area (Å²) in [6.45, 7) is 5.31. The Kier molecular flexibility index (Phi) is 2.75. The van der Waals surface area contributed by atoms with E-state index in [0.717, 1.165) is 36.4 Å². The highest BCUT2D eigenvalue weighted by atomic mass is 15.0. The van der Waals surface area contributed by atoms with Gasteiger partial charge in [0.25, 0.3) is 0 Å². The van der Waals surface area contributed by atoms with Gasteiger partial charge >= 0.3 is 0 Å². The van der Waals surface area contributed by atoms with Crippen LogP contribution in [0, 0.1) is 11.8 Å². The molecule has 0 radical (unpaired) electrons. The van der Waals surface area contributed by atoms with E-state index in [0.29, 0.717) is 5.82 Å². The van der Waals surface area contributed by atoms with E-state index in [2.05, 4.69) is 22.2 Å². The molecule has 0 spiro atoms. The van der Waals surface area contributed by atoms with Crippen molar-refractivity contribution in [1.82, 2.24) is 9.97 Å². The Morgan fingerprint density at radius 1 is 1.53 bits per heavy atom. The molecular formula is C11H18N4. The highest BCUT2D eigenvalue weighted by molar-refractivity contribution is 5.44. The number of anilines is 2. The molecule has 0 aromatic carbocycles. The summed E-state index contributed by atoms with van der Waals surface area (Å²) < 4.78 is 0. The minimum absolute atomic E-state index is 0.549. The summed E-state index contributed by atoms with van der Waals surface area (Å²) in [6.07, 6.45) is 2.15. The fraction of sp³-hybridized carbons (Fsp3) is 0.636. The van der Waals surface area contributed by atoms with Gasteiger partial charge in [0.05, 0.1) is 0 Å². The lowest BCUT2D eigenvalue weighted by atomic mass is 10.3. The summed E-state index contributed by atoms with van der Waals surface area (Å²) >= 11 is 0. The van der Waals surface area contributed by atoms with Crippen molar-refractivity contribution in [2.24, 2.45) is 11.8 Å². The number of nitrogens with two attached hydrogens (primary N) is 1. The van der Waals surface area contributed by atoms with Crippen molar-refractivity contribution in [3.8, 4) is 0 Å². The van der Waals surface area contributed by atoms with Crippen molar-refractivity contribution in [3.05, 3.63) is 11.9 Å². The van der Waals surface area contributed by atoms with E-state index in [1.807, 2.05) is 6.92 Å². The van der Waals surface area contributed by atoms with Gasteiger partial charge in [0.1, 0.15) is 17.5 Å². The quantitative estimate of drug-likeness (QED) is 0.787. The number of nitrogens with zero attached hydrogens (tertiary/aromatic N) is 2. The first-order valence-corrected chi connectivity index (χ1v) is 5.56. The molecule has 2 rings (SSSR count). The standard InChI is InChI=1S/C11H18N4/c1-3-10-14-9(12)5-11(15-10)13-6-8-4-7(8)2/h5,7-8H,3-4,6H2,1-2H3,(H3,12,13,14,15). The van der Waals surface area contributed by atoms with Gasteiger partial charge in [0.2, 0.25) is 0 Å². The smallest absolute Gasteiger partial charge is 0.132 e. The van der Waals surface area contributed by atoms with Crippen LogP contribution in [0.3, 0.4) is 0 Å². The summed E-state index contributed by atoms with van der Waals surface area (Å²) in [5, 5.41) is 3.32. The molecule has 1 heterocycles. The second-order valence-electron chi connectivity index (χ2n) is 4.30. The van der Waals surface area contributed by atoms with Crippen LogP contribution in [-0.2, 0) is 6.42 Å². The number of nitrogens with one attached hydrogen (secondary N) is 1. The van der Waals surface area contributed by atoms with E-state index in [-0.39, 0.29) is 0 Å². The van der Waals surface area contributed by atoms with Crippen LogP contribution in [0.1, 0.15) is 26.1 Å². The number of hydrogen-bond donors (Lipinski definition) is 2. The molecule has 1 aliphatic rings. The average molecular weight is 206 g/mol. The fourth-order valence-electron chi connectivity index (χ4n) is 1.69. The number of aryl methyl sites for hydroxylation is 1. The van der Waals surface area contributed by atoms with Crippen molar-refractivity contribution in [1.29, 1.82) is 0 Å². The molecule has 15 heavy (non-hydrogen) atoms. The highest BCUT2D eigenvalue weighted by Gasteiger charge is 2.31. The average Bonchev–Trinajstić information content (AvgIpc) is 2.91. The number of aromatic nitrogens is 2. The lowest BCUT2D eigenvalue weighted by molar-refractivity contribution is 0.782. The monoisotopic (exact) mass is 206 g/mol. The lowest BCUT2D eigenvalue weighted by Crippen LogP contribution is -2.09. The Hall–Kier alpha value is -1.32. The highest BCUT2D eigenvalue weighted by Crippen LogP contribution is 2.37. The van der Waals surface area contributed by atoms with Crippen molar-refractivity contribution < 1.29 is 0 Å². The predicted octanol–water partition coefficient (Wildman–Crippen LogP) is 1.69. The van der Waals surface area contributed by atoms with Gasteiger partial charge in [0.15, 0.2) is 0 Å². The van der Waals surface area contributed by atoms with Gasteiger partial charge in [-0.3, -0.25) is 0 Å². The summed E-state index contributed by atoms with van der Waals surface area (Å²) in [5.41, 5.74) is 5.69. The molecule has 0 saturated heterocycles. The first-order valence-electron chi connectivity index (χ1n) is 5.56. The van der Waals surface area contributed by atoms with Gasteiger partial charge in [-0.25, -0.2) is 9.97 Å². The zero-order valence-corrected chi connectivity index (χ0v) is 9.33. The Bertz CT molecular complexity index is 350. The zero-order valence-electron chi connectivity index (χ0n) is 9.33. The maximum Gasteiger partial charge on any atom is 0.132 e. The fourth-order valence-corrected chi connectivity index (χ4v) is 1.69. The third-order valence-electron chi connectivity index (χ3n) is 2.93. The van der Waals surface area contributed by atoms with E-state index >= 15 is 0 Å². The Morgan fingerprint density at radius 2 is 2.27 bits per heavy atom. The van der Waals surface area contributed by atoms with Gasteiger partial charge in [-0.05, 0) is 18.3 Å². The van der Waals surface area contributed by atoms with Crippen LogP contribution in [-0.4, -0.2) is 16.5 Å². The van der Waals surface area contributed by atoms with Gasteiger partial charge in [-0.1, -0.05) is 13.8 Å².